The molecule has 0 spiro atoms. The van der Waals surface area contributed by atoms with Crippen LogP contribution < -0.4 is 4.90 Å². The molecule has 2 nitrogen and oxygen atoms in total. The monoisotopic (exact) mass is 929 g/mol. The Balaban J connectivity index is 0.891. The molecule has 73 heavy (non-hydrogen) atoms. The Morgan fingerprint density at radius 2 is 0.781 bits per heavy atom. The molecule has 1 aromatic heterocycles. The highest BCUT2D eigenvalue weighted by atomic mass is 16.3. The second kappa shape index (κ2) is 17.4. The van der Waals surface area contributed by atoms with Crippen LogP contribution in [-0.4, -0.2) is 0 Å². The maximum absolute atomic E-state index is 6.33. The van der Waals surface area contributed by atoms with E-state index in [0.717, 1.165) is 66.8 Å². The molecule has 0 saturated heterocycles. The van der Waals surface area contributed by atoms with E-state index in [4.69, 9.17) is 4.42 Å². The van der Waals surface area contributed by atoms with Crippen LogP contribution in [0.25, 0.3) is 88.3 Å². The third kappa shape index (κ3) is 7.02. The number of benzene rings is 12. The SMILES string of the molecule is c1ccc(C2(c3ccccc3)c3ccccc3-c3ccc(-c4ccc(N(c5ccc(-c6ccc7c(c6)oc6ccccc67)cc5)c5ccccc5-c5cccc(-c6cccc7ccccc67)c5)cc4)cc32)cc1. The van der Waals surface area contributed by atoms with Crippen molar-refractivity contribution in [3.63, 3.8) is 0 Å². The zero-order valence-electron chi connectivity index (χ0n) is 40.0. The van der Waals surface area contributed by atoms with Gasteiger partial charge in [-0.05, 0) is 144 Å². The van der Waals surface area contributed by atoms with Gasteiger partial charge in [0.05, 0.1) is 11.1 Å². The molecule has 0 amide bonds. The van der Waals surface area contributed by atoms with Crippen molar-refractivity contribution >= 4 is 49.8 Å². The predicted molar refractivity (Wildman–Crippen MR) is 305 cm³/mol. The zero-order valence-corrected chi connectivity index (χ0v) is 40.0. The molecule has 342 valence electrons. The van der Waals surface area contributed by atoms with Crippen LogP contribution in [0.15, 0.2) is 290 Å². The first-order valence-electron chi connectivity index (χ1n) is 25.1. The normalized spacial score (nSPS) is 12.5. The first-order valence-corrected chi connectivity index (χ1v) is 25.1. The predicted octanol–water partition coefficient (Wildman–Crippen LogP) is 19.2. The average molecular weight is 930 g/mol. The number of para-hydroxylation sites is 2. The van der Waals surface area contributed by atoms with E-state index in [1.165, 1.54) is 60.8 Å². The van der Waals surface area contributed by atoms with Crippen LogP contribution in [0.3, 0.4) is 0 Å². The van der Waals surface area contributed by atoms with E-state index < -0.39 is 5.41 Å². The topological polar surface area (TPSA) is 16.4 Å². The third-order valence-corrected chi connectivity index (χ3v) is 15.2. The molecular weight excluding hydrogens is 883 g/mol. The number of rotatable bonds is 9. The summed E-state index contributed by atoms with van der Waals surface area (Å²) in [7, 11) is 0. The number of furan rings is 1. The molecule has 0 radical (unpaired) electrons. The standard InChI is InChI=1S/C71H47NO/c1-3-21-55(22-4-1)71(56-23-5-2-6-24-56)66-30-12-9-27-62(66)63-43-37-51(46-67(63)71)48-33-39-57(40-34-48)72(58-41-35-49(36-42-58)52-38-44-65-64-28-11-14-32-69(64)73-70(65)47-52)68-31-13-10-26-61(68)54-20-15-19-53(45-54)60-29-16-18-50-17-7-8-25-59(50)60/h1-47H. The minimum absolute atomic E-state index is 0.472. The molecule has 2 heteroatoms. The summed E-state index contributed by atoms with van der Waals surface area (Å²) in [5.41, 5.74) is 21.5. The molecule has 0 N–H and O–H groups in total. The zero-order chi connectivity index (χ0) is 48.3. The van der Waals surface area contributed by atoms with Crippen molar-refractivity contribution in [2.75, 3.05) is 4.90 Å². The van der Waals surface area contributed by atoms with Gasteiger partial charge in [-0.1, -0.05) is 224 Å². The molecule has 12 aromatic carbocycles. The van der Waals surface area contributed by atoms with Gasteiger partial charge in [-0.15, -0.1) is 0 Å². The quantitative estimate of drug-likeness (QED) is 0.143. The van der Waals surface area contributed by atoms with Crippen molar-refractivity contribution in [3.8, 4) is 55.6 Å². The Hall–Kier alpha value is -9.50. The number of nitrogens with zero attached hydrogens (tertiary/aromatic N) is 1. The Morgan fingerprint density at radius 1 is 0.274 bits per heavy atom. The van der Waals surface area contributed by atoms with Gasteiger partial charge < -0.3 is 9.32 Å². The van der Waals surface area contributed by atoms with E-state index in [0.29, 0.717) is 0 Å². The van der Waals surface area contributed by atoms with Crippen LogP contribution >= 0.6 is 0 Å². The number of hydrogen-bond acceptors (Lipinski definition) is 2. The molecule has 1 aliphatic rings. The summed E-state index contributed by atoms with van der Waals surface area (Å²) < 4.78 is 6.33. The Bertz CT molecular complexity index is 4140. The van der Waals surface area contributed by atoms with Crippen molar-refractivity contribution < 1.29 is 4.42 Å². The van der Waals surface area contributed by atoms with E-state index in [1.54, 1.807) is 0 Å². The fourth-order valence-electron chi connectivity index (χ4n) is 11.8. The highest BCUT2D eigenvalue weighted by molar-refractivity contribution is 6.06. The van der Waals surface area contributed by atoms with Crippen molar-refractivity contribution in [2.24, 2.45) is 0 Å². The van der Waals surface area contributed by atoms with Crippen molar-refractivity contribution in [3.05, 3.63) is 307 Å². The van der Waals surface area contributed by atoms with E-state index in [9.17, 15) is 0 Å². The Morgan fingerprint density at radius 3 is 1.52 bits per heavy atom. The fraction of sp³-hybridized carbons (Fsp3) is 0.0141. The molecule has 0 fully saturated rings. The fourth-order valence-corrected chi connectivity index (χ4v) is 11.8. The molecule has 0 aliphatic heterocycles. The van der Waals surface area contributed by atoms with Crippen LogP contribution in [0.2, 0.25) is 0 Å². The number of hydrogen-bond donors (Lipinski definition) is 0. The summed E-state index contributed by atoms with van der Waals surface area (Å²) in [4.78, 5) is 2.41. The summed E-state index contributed by atoms with van der Waals surface area (Å²) in [6.45, 7) is 0. The lowest BCUT2D eigenvalue weighted by atomic mass is 9.67. The van der Waals surface area contributed by atoms with Gasteiger partial charge in [0.1, 0.15) is 11.2 Å². The van der Waals surface area contributed by atoms with Gasteiger partial charge >= 0.3 is 0 Å². The second-order valence-electron chi connectivity index (χ2n) is 19.2. The van der Waals surface area contributed by atoms with Gasteiger partial charge in [-0.3, -0.25) is 0 Å². The molecule has 0 bridgehead atoms. The van der Waals surface area contributed by atoms with Crippen molar-refractivity contribution in [1.82, 2.24) is 0 Å². The number of fused-ring (bicyclic) bond motifs is 7. The van der Waals surface area contributed by atoms with Gasteiger partial charge in [-0.2, -0.15) is 0 Å². The van der Waals surface area contributed by atoms with Gasteiger partial charge in [-0.25, -0.2) is 0 Å². The average Bonchev–Trinajstić information content (AvgIpc) is 3.99. The van der Waals surface area contributed by atoms with Crippen LogP contribution in [0, 0.1) is 0 Å². The van der Waals surface area contributed by atoms with Crippen LogP contribution in [0.5, 0.6) is 0 Å². The van der Waals surface area contributed by atoms with Gasteiger partial charge in [0.2, 0.25) is 0 Å². The van der Waals surface area contributed by atoms with Gasteiger partial charge in [0.15, 0.2) is 0 Å². The maximum atomic E-state index is 6.33. The second-order valence-corrected chi connectivity index (χ2v) is 19.2. The minimum atomic E-state index is -0.472. The Kier molecular flexibility index (Phi) is 10.1. The lowest BCUT2D eigenvalue weighted by molar-refractivity contribution is 0.669. The van der Waals surface area contributed by atoms with E-state index in [-0.39, 0.29) is 0 Å². The van der Waals surface area contributed by atoms with Crippen LogP contribution in [0.1, 0.15) is 22.3 Å². The van der Waals surface area contributed by atoms with Gasteiger partial charge in [0.25, 0.3) is 0 Å². The molecule has 0 unspecified atom stereocenters. The summed E-state index contributed by atoms with van der Waals surface area (Å²) in [6, 6.07) is 104. The van der Waals surface area contributed by atoms with E-state index >= 15 is 0 Å². The summed E-state index contributed by atoms with van der Waals surface area (Å²) in [5, 5.41) is 4.74. The summed E-state index contributed by atoms with van der Waals surface area (Å²) in [5.74, 6) is 0. The van der Waals surface area contributed by atoms with Crippen LogP contribution in [-0.2, 0) is 5.41 Å². The van der Waals surface area contributed by atoms with Gasteiger partial charge in [0, 0.05) is 27.7 Å². The largest absolute Gasteiger partial charge is 0.456 e. The number of anilines is 3. The summed E-state index contributed by atoms with van der Waals surface area (Å²) >= 11 is 0. The van der Waals surface area contributed by atoms with Crippen molar-refractivity contribution in [1.29, 1.82) is 0 Å². The lowest BCUT2D eigenvalue weighted by Crippen LogP contribution is -2.28. The third-order valence-electron chi connectivity index (χ3n) is 15.2. The molecule has 1 heterocycles. The summed E-state index contributed by atoms with van der Waals surface area (Å²) in [6.07, 6.45) is 0. The van der Waals surface area contributed by atoms with E-state index in [2.05, 4.69) is 278 Å². The Labute approximate surface area is 425 Å². The molecule has 1 aliphatic carbocycles. The molecule has 0 atom stereocenters. The molecular formula is C71H47NO. The molecule has 14 rings (SSSR count). The molecule has 13 aromatic rings. The minimum Gasteiger partial charge on any atom is -0.456 e. The van der Waals surface area contributed by atoms with Crippen LogP contribution in [0.4, 0.5) is 17.1 Å². The maximum Gasteiger partial charge on any atom is 0.136 e. The highest BCUT2D eigenvalue weighted by Gasteiger charge is 2.46. The van der Waals surface area contributed by atoms with E-state index in [1.807, 2.05) is 12.1 Å². The first kappa shape index (κ1) is 42.4. The smallest absolute Gasteiger partial charge is 0.136 e. The lowest BCUT2D eigenvalue weighted by Gasteiger charge is -2.34. The first-order chi connectivity index (χ1) is 36.2. The highest BCUT2D eigenvalue weighted by Crippen LogP contribution is 2.57. The molecule has 0 saturated carbocycles. The van der Waals surface area contributed by atoms with Crippen molar-refractivity contribution in [2.45, 2.75) is 5.41 Å².